The first-order valence-corrected chi connectivity index (χ1v) is 10.3. The van der Waals surface area contributed by atoms with Gasteiger partial charge in [0.2, 0.25) is 0 Å². The van der Waals surface area contributed by atoms with Crippen molar-refractivity contribution in [2.75, 3.05) is 12.0 Å². The summed E-state index contributed by atoms with van der Waals surface area (Å²) in [6.07, 6.45) is 0. The third-order valence-corrected chi connectivity index (χ3v) is 6.44. The van der Waals surface area contributed by atoms with E-state index in [2.05, 4.69) is 0 Å². The standard InChI is InChI=1S/C22H16ClNO4S/c1-28-22(26)15-8-11-20-18(12-15)24(13-14-6-9-16(23)10-7-14)21(25)17-4-2-3-5-19(17)29(20)27/h2-12H,13H2,1H3/t29-/m1/s1. The molecule has 0 N–H and O–H groups in total. The molecule has 3 aromatic carbocycles. The zero-order chi connectivity index (χ0) is 20.5. The summed E-state index contributed by atoms with van der Waals surface area (Å²) in [4.78, 5) is 27.9. The summed E-state index contributed by atoms with van der Waals surface area (Å²) < 4.78 is 18.1. The van der Waals surface area contributed by atoms with Gasteiger partial charge in [0.05, 0.1) is 51.1 Å². The minimum absolute atomic E-state index is 0.235. The fraction of sp³-hybridized carbons (Fsp3) is 0.0909. The molecule has 5 nitrogen and oxygen atoms in total. The number of hydrogen-bond donors (Lipinski definition) is 0. The van der Waals surface area contributed by atoms with Gasteiger partial charge in [-0.1, -0.05) is 35.9 Å². The van der Waals surface area contributed by atoms with Crippen LogP contribution in [0.5, 0.6) is 0 Å². The fourth-order valence-corrected chi connectivity index (χ4v) is 4.71. The van der Waals surface area contributed by atoms with E-state index in [9.17, 15) is 13.8 Å². The second kappa shape index (κ2) is 7.81. The summed E-state index contributed by atoms with van der Waals surface area (Å²) in [5.41, 5.74) is 1.92. The van der Waals surface area contributed by atoms with Crippen molar-refractivity contribution in [1.29, 1.82) is 0 Å². The molecule has 29 heavy (non-hydrogen) atoms. The van der Waals surface area contributed by atoms with Gasteiger partial charge in [-0.2, -0.15) is 0 Å². The maximum Gasteiger partial charge on any atom is 0.337 e. The highest BCUT2D eigenvalue weighted by atomic mass is 35.5. The number of ether oxygens (including phenoxy) is 1. The van der Waals surface area contributed by atoms with Gasteiger partial charge in [-0.3, -0.25) is 4.79 Å². The van der Waals surface area contributed by atoms with Gasteiger partial charge in [0.15, 0.2) is 0 Å². The Morgan fingerprint density at radius 3 is 2.48 bits per heavy atom. The summed E-state index contributed by atoms with van der Waals surface area (Å²) in [7, 11) is -0.279. The van der Waals surface area contributed by atoms with Crippen LogP contribution in [0.3, 0.4) is 0 Å². The lowest BCUT2D eigenvalue weighted by molar-refractivity contribution is 0.0600. The molecule has 4 rings (SSSR count). The molecule has 3 aromatic rings. The predicted octanol–water partition coefficient (Wildman–Crippen LogP) is 4.45. The number of hydrogen-bond acceptors (Lipinski definition) is 4. The first kappa shape index (κ1) is 19.4. The summed E-state index contributed by atoms with van der Waals surface area (Å²) >= 11 is 5.98. The van der Waals surface area contributed by atoms with E-state index < -0.39 is 16.8 Å². The van der Waals surface area contributed by atoms with Crippen LogP contribution in [0.1, 0.15) is 26.3 Å². The Morgan fingerprint density at radius 2 is 1.76 bits per heavy atom. The molecule has 0 aliphatic carbocycles. The first-order chi connectivity index (χ1) is 14.0. The summed E-state index contributed by atoms with van der Waals surface area (Å²) in [5.74, 6) is -0.816. The third kappa shape index (κ3) is 3.57. The number of halogens is 1. The lowest BCUT2D eigenvalue weighted by Gasteiger charge is -2.23. The highest BCUT2D eigenvalue weighted by Crippen LogP contribution is 2.36. The number of nitrogens with zero attached hydrogens (tertiary/aromatic N) is 1. The molecule has 0 spiro atoms. The quantitative estimate of drug-likeness (QED) is 0.581. The van der Waals surface area contributed by atoms with E-state index in [1.807, 2.05) is 12.1 Å². The Labute approximate surface area is 175 Å². The van der Waals surface area contributed by atoms with Crippen molar-refractivity contribution in [2.45, 2.75) is 16.3 Å². The summed E-state index contributed by atoms with van der Waals surface area (Å²) in [6.45, 7) is 0.235. The lowest BCUT2D eigenvalue weighted by Crippen LogP contribution is -2.30. The molecule has 1 atom stereocenters. The average molecular weight is 426 g/mol. The predicted molar refractivity (Wildman–Crippen MR) is 111 cm³/mol. The molecule has 0 radical (unpaired) electrons. The zero-order valence-electron chi connectivity index (χ0n) is 15.4. The normalized spacial score (nSPS) is 15.3. The number of rotatable bonds is 3. The van der Waals surface area contributed by atoms with Gasteiger partial charge < -0.3 is 9.64 Å². The Morgan fingerprint density at radius 1 is 1.03 bits per heavy atom. The van der Waals surface area contributed by atoms with E-state index in [4.69, 9.17) is 16.3 Å². The lowest BCUT2D eigenvalue weighted by atomic mass is 10.1. The first-order valence-electron chi connectivity index (χ1n) is 8.79. The molecule has 0 saturated carbocycles. The highest BCUT2D eigenvalue weighted by molar-refractivity contribution is 7.85. The molecule has 146 valence electrons. The van der Waals surface area contributed by atoms with Crippen molar-refractivity contribution >= 4 is 40.0 Å². The van der Waals surface area contributed by atoms with Crippen LogP contribution in [0, 0.1) is 0 Å². The van der Waals surface area contributed by atoms with E-state index in [1.165, 1.54) is 12.0 Å². The number of carbonyl (C=O) groups is 2. The molecule has 0 unspecified atom stereocenters. The zero-order valence-corrected chi connectivity index (χ0v) is 17.0. The highest BCUT2D eigenvalue weighted by Gasteiger charge is 2.31. The molecule has 0 aromatic heterocycles. The number of amides is 1. The fourth-order valence-electron chi connectivity index (χ4n) is 3.24. The topological polar surface area (TPSA) is 63.7 Å². The largest absolute Gasteiger partial charge is 0.465 e. The van der Waals surface area contributed by atoms with Crippen molar-refractivity contribution in [3.63, 3.8) is 0 Å². The van der Waals surface area contributed by atoms with Gasteiger partial charge in [-0.15, -0.1) is 0 Å². The van der Waals surface area contributed by atoms with Crippen LogP contribution in [0.25, 0.3) is 0 Å². The van der Waals surface area contributed by atoms with E-state index in [0.717, 1.165) is 5.56 Å². The molecule has 0 bridgehead atoms. The van der Waals surface area contributed by atoms with Gasteiger partial charge in [0, 0.05) is 5.02 Å². The van der Waals surface area contributed by atoms with Gasteiger partial charge in [-0.25, -0.2) is 9.00 Å². The van der Waals surface area contributed by atoms with Crippen molar-refractivity contribution in [3.05, 3.63) is 88.4 Å². The van der Waals surface area contributed by atoms with Crippen LogP contribution in [0.2, 0.25) is 5.02 Å². The second-order valence-electron chi connectivity index (χ2n) is 6.46. The van der Waals surface area contributed by atoms with E-state index in [1.54, 1.807) is 54.6 Å². The van der Waals surface area contributed by atoms with Gasteiger partial charge in [0.1, 0.15) is 0 Å². The maximum atomic E-state index is 13.4. The number of carbonyl (C=O) groups excluding carboxylic acids is 2. The Balaban J connectivity index is 1.91. The molecule has 1 heterocycles. The van der Waals surface area contributed by atoms with Crippen LogP contribution in [0.15, 0.2) is 76.5 Å². The van der Waals surface area contributed by atoms with Crippen LogP contribution in [-0.2, 0) is 22.1 Å². The average Bonchev–Trinajstić information content (AvgIpc) is 2.84. The van der Waals surface area contributed by atoms with Gasteiger partial charge in [-0.05, 0) is 48.0 Å². The molecule has 0 saturated heterocycles. The smallest absolute Gasteiger partial charge is 0.337 e. The van der Waals surface area contributed by atoms with E-state index in [-0.39, 0.29) is 18.0 Å². The molecule has 0 fully saturated rings. The van der Waals surface area contributed by atoms with Crippen molar-refractivity contribution in [2.24, 2.45) is 0 Å². The van der Waals surface area contributed by atoms with Crippen molar-refractivity contribution in [1.82, 2.24) is 0 Å². The number of methoxy groups -OCH3 is 1. The molecule has 7 heteroatoms. The number of anilines is 1. The molecular formula is C22H16ClNO4S. The van der Waals surface area contributed by atoms with Crippen LogP contribution in [0.4, 0.5) is 5.69 Å². The van der Waals surface area contributed by atoms with Crippen molar-refractivity contribution < 1.29 is 18.5 Å². The minimum atomic E-state index is -1.57. The number of benzene rings is 3. The monoisotopic (exact) mass is 425 g/mol. The molecule has 1 amide bonds. The molecule has 1 aliphatic heterocycles. The Kier molecular flexibility index (Phi) is 5.22. The van der Waals surface area contributed by atoms with Gasteiger partial charge in [0.25, 0.3) is 5.91 Å². The van der Waals surface area contributed by atoms with Crippen LogP contribution in [-0.4, -0.2) is 23.2 Å². The molecule has 1 aliphatic rings. The summed E-state index contributed by atoms with van der Waals surface area (Å²) in [5, 5.41) is 0.593. The van der Waals surface area contributed by atoms with Crippen LogP contribution >= 0.6 is 11.6 Å². The SMILES string of the molecule is COC(=O)c1ccc2c(c1)N(Cc1ccc(Cl)cc1)C(=O)c1ccccc1[S@]2=O. The van der Waals surface area contributed by atoms with Gasteiger partial charge >= 0.3 is 5.97 Å². The van der Waals surface area contributed by atoms with Crippen LogP contribution < -0.4 is 4.90 Å². The third-order valence-electron chi connectivity index (χ3n) is 4.69. The maximum absolute atomic E-state index is 13.4. The summed E-state index contributed by atoms with van der Waals surface area (Å²) in [6, 6.07) is 18.7. The second-order valence-corrected chi connectivity index (χ2v) is 8.31. The number of esters is 1. The minimum Gasteiger partial charge on any atom is -0.465 e. The van der Waals surface area contributed by atoms with E-state index >= 15 is 0 Å². The van der Waals surface area contributed by atoms with Crippen molar-refractivity contribution in [3.8, 4) is 0 Å². The van der Waals surface area contributed by atoms with E-state index in [0.29, 0.717) is 26.1 Å². The Bertz CT molecular complexity index is 1140. The Hall–Kier alpha value is -2.96. The number of fused-ring (bicyclic) bond motifs is 2. The molecular weight excluding hydrogens is 410 g/mol.